The minimum absolute atomic E-state index is 0.0806. The van der Waals surface area contributed by atoms with E-state index in [9.17, 15) is 9.59 Å². The van der Waals surface area contributed by atoms with Crippen LogP contribution in [0.1, 0.15) is 48.7 Å². The van der Waals surface area contributed by atoms with Crippen molar-refractivity contribution < 1.29 is 9.59 Å². The maximum absolute atomic E-state index is 14.1. The second-order valence-corrected chi connectivity index (χ2v) is 11.1. The predicted molar refractivity (Wildman–Crippen MR) is 176 cm³/mol. The molecule has 7 rings (SSSR count). The summed E-state index contributed by atoms with van der Waals surface area (Å²) >= 11 is 0. The molecule has 0 unspecified atom stereocenters. The average Bonchev–Trinajstić information content (AvgIpc) is 3.72. The number of benzene rings is 5. The van der Waals surface area contributed by atoms with Gasteiger partial charge in [0, 0.05) is 23.6 Å². The summed E-state index contributed by atoms with van der Waals surface area (Å²) in [6.45, 7) is 0.540. The lowest BCUT2D eigenvalue weighted by Crippen LogP contribution is -2.38. The lowest BCUT2D eigenvalue weighted by Gasteiger charge is -2.37. The van der Waals surface area contributed by atoms with E-state index in [2.05, 4.69) is 41.5 Å². The van der Waals surface area contributed by atoms with Gasteiger partial charge < -0.3 is 0 Å². The van der Waals surface area contributed by atoms with Gasteiger partial charge in [0.1, 0.15) is 17.5 Å². The Morgan fingerprint density at radius 1 is 0.667 bits per heavy atom. The van der Waals surface area contributed by atoms with Gasteiger partial charge in [-0.25, -0.2) is 4.68 Å². The number of fused-ring (bicyclic) bond motifs is 1. The lowest BCUT2D eigenvalue weighted by molar-refractivity contribution is 0.0988. The van der Waals surface area contributed by atoms with E-state index in [0.717, 1.165) is 45.0 Å². The molecule has 218 valence electrons. The van der Waals surface area contributed by atoms with Crippen molar-refractivity contribution in [3.8, 4) is 0 Å². The van der Waals surface area contributed by atoms with Crippen LogP contribution in [-0.2, 0) is 18.5 Å². The number of carbonyl (C=O) groups is 2. The molecule has 0 radical (unpaired) electrons. The summed E-state index contributed by atoms with van der Waals surface area (Å²) in [5, 5.41) is 10.5. The molecule has 6 nitrogen and oxygen atoms in total. The standard InChI is InChI=1S/C39H30N4O2/c44-28-30-22-20-29(21-23-30)26-42-27-31(25-40-42)24-37(45)38-35-18-10-11-19-36(35)43(41-38)39(32-12-4-1-5-13-32,33-14-6-2-7-15-33)34-16-8-3-9-17-34/h1-23,25,27-28H,24,26H2. The highest BCUT2D eigenvalue weighted by Gasteiger charge is 2.41. The van der Waals surface area contributed by atoms with Gasteiger partial charge in [0.2, 0.25) is 0 Å². The summed E-state index contributed by atoms with van der Waals surface area (Å²) in [6, 6.07) is 46.4. The van der Waals surface area contributed by atoms with Crippen molar-refractivity contribution in [1.29, 1.82) is 0 Å². The van der Waals surface area contributed by atoms with Crippen molar-refractivity contribution in [2.75, 3.05) is 0 Å². The van der Waals surface area contributed by atoms with Crippen LogP contribution in [0.4, 0.5) is 0 Å². The van der Waals surface area contributed by atoms with Crippen LogP contribution in [0.25, 0.3) is 10.9 Å². The first kappa shape index (κ1) is 27.9. The monoisotopic (exact) mass is 586 g/mol. The molecule has 0 spiro atoms. The third kappa shape index (κ3) is 5.17. The topological polar surface area (TPSA) is 69.8 Å². The number of hydrogen-bond acceptors (Lipinski definition) is 4. The van der Waals surface area contributed by atoms with Gasteiger partial charge in [-0.05, 0) is 33.9 Å². The second-order valence-electron chi connectivity index (χ2n) is 11.1. The molecule has 0 atom stereocenters. The molecule has 0 aliphatic heterocycles. The number of aromatic nitrogens is 4. The molecule has 0 amide bonds. The molecule has 45 heavy (non-hydrogen) atoms. The Labute approximate surface area is 261 Å². The van der Waals surface area contributed by atoms with E-state index in [1.54, 1.807) is 23.0 Å². The molecule has 2 aromatic heterocycles. The van der Waals surface area contributed by atoms with Crippen LogP contribution in [0.3, 0.4) is 0 Å². The number of aldehydes is 1. The Morgan fingerprint density at radius 3 is 1.80 bits per heavy atom. The zero-order valence-corrected chi connectivity index (χ0v) is 24.5. The average molecular weight is 587 g/mol. The third-order valence-electron chi connectivity index (χ3n) is 8.26. The molecule has 0 aliphatic carbocycles. The van der Waals surface area contributed by atoms with Gasteiger partial charge in [-0.2, -0.15) is 10.2 Å². The Hall–Kier alpha value is -5.88. The lowest BCUT2D eigenvalue weighted by atomic mass is 9.77. The predicted octanol–water partition coefficient (Wildman–Crippen LogP) is 7.36. The molecular weight excluding hydrogens is 556 g/mol. The van der Waals surface area contributed by atoms with Crippen molar-refractivity contribution in [3.63, 3.8) is 0 Å². The fraction of sp³-hybridized carbons (Fsp3) is 0.0769. The molecule has 6 heteroatoms. The largest absolute Gasteiger partial charge is 0.298 e. The highest BCUT2D eigenvalue weighted by molar-refractivity contribution is 6.07. The minimum atomic E-state index is -0.841. The van der Waals surface area contributed by atoms with Crippen LogP contribution in [0.2, 0.25) is 0 Å². The van der Waals surface area contributed by atoms with Crippen LogP contribution in [0.15, 0.2) is 152 Å². The van der Waals surface area contributed by atoms with Gasteiger partial charge in [0.25, 0.3) is 0 Å². The normalized spacial score (nSPS) is 11.5. The molecule has 0 saturated carbocycles. The van der Waals surface area contributed by atoms with Gasteiger partial charge in [0.05, 0.1) is 18.3 Å². The van der Waals surface area contributed by atoms with Crippen LogP contribution < -0.4 is 0 Å². The molecule has 7 aromatic rings. The van der Waals surface area contributed by atoms with Crippen molar-refractivity contribution in [3.05, 3.63) is 191 Å². The maximum atomic E-state index is 14.1. The van der Waals surface area contributed by atoms with Gasteiger partial charge in [-0.3, -0.25) is 14.3 Å². The van der Waals surface area contributed by atoms with Gasteiger partial charge in [0.15, 0.2) is 5.78 Å². The molecular formula is C39H30N4O2. The summed E-state index contributed by atoms with van der Waals surface area (Å²) in [6.07, 6.45) is 4.63. The fourth-order valence-electron chi connectivity index (χ4n) is 6.17. The first-order valence-corrected chi connectivity index (χ1v) is 14.9. The van der Waals surface area contributed by atoms with E-state index in [4.69, 9.17) is 5.10 Å². The highest BCUT2D eigenvalue weighted by atomic mass is 16.1. The summed E-state index contributed by atoms with van der Waals surface area (Å²) < 4.78 is 3.84. The number of ketones is 1. The summed E-state index contributed by atoms with van der Waals surface area (Å²) in [4.78, 5) is 25.1. The Bertz CT molecular complexity index is 1980. The number of carbonyl (C=O) groups excluding carboxylic acids is 2. The van der Waals surface area contributed by atoms with E-state index >= 15 is 0 Å². The Kier molecular flexibility index (Phi) is 7.46. The van der Waals surface area contributed by atoms with Crippen molar-refractivity contribution in [2.45, 2.75) is 18.5 Å². The number of hydrogen-bond donors (Lipinski definition) is 0. The van der Waals surface area contributed by atoms with Crippen LogP contribution in [0, 0.1) is 0 Å². The fourth-order valence-corrected chi connectivity index (χ4v) is 6.17. The third-order valence-corrected chi connectivity index (χ3v) is 8.26. The zero-order chi connectivity index (χ0) is 30.6. The number of rotatable bonds is 10. The molecule has 0 aliphatic rings. The van der Waals surface area contributed by atoms with Crippen LogP contribution in [-0.4, -0.2) is 31.6 Å². The van der Waals surface area contributed by atoms with Crippen molar-refractivity contribution >= 4 is 23.0 Å². The van der Waals surface area contributed by atoms with Crippen molar-refractivity contribution in [2.24, 2.45) is 0 Å². The van der Waals surface area contributed by atoms with E-state index in [0.29, 0.717) is 17.8 Å². The summed E-state index contributed by atoms with van der Waals surface area (Å²) in [5.74, 6) is -0.0806. The molecule has 0 N–H and O–H groups in total. The number of Topliss-reactive ketones (excluding diaryl/α,β-unsaturated/α-hetero) is 1. The Morgan fingerprint density at radius 2 is 1.22 bits per heavy atom. The first-order valence-electron chi connectivity index (χ1n) is 14.9. The quantitative estimate of drug-likeness (QED) is 0.0954. The molecule has 0 bridgehead atoms. The van der Waals surface area contributed by atoms with Gasteiger partial charge in [-0.1, -0.05) is 133 Å². The van der Waals surface area contributed by atoms with Gasteiger partial charge in [-0.15, -0.1) is 0 Å². The van der Waals surface area contributed by atoms with Gasteiger partial charge >= 0.3 is 0 Å². The SMILES string of the molecule is O=Cc1ccc(Cn2cc(CC(=O)c3nn(C(c4ccccc4)(c4ccccc4)c4ccccc4)c4ccccc34)cn2)cc1. The number of nitrogens with zero attached hydrogens (tertiary/aromatic N) is 4. The van der Waals surface area contributed by atoms with E-state index in [1.165, 1.54) is 0 Å². The van der Waals surface area contributed by atoms with E-state index < -0.39 is 5.54 Å². The highest BCUT2D eigenvalue weighted by Crippen LogP contribution is 2.42. The first-order chi connectivity index (χ1) is 22.2. The maximum Gasteiger partial charge on any atom is 0.188 e. The minimum Gasteiger partial charge on any atom is -0.298 e. The van der Waals surface area contributed by atoms with E-state index in [-0.39, 0.29) is 12.2 Å². The zero-order valence-electron chi connectivity index (χ0n) is 24.5. The Balaban J connectivity index is 1.33. The van der Waals surface area contributed by atoms with Crippen LogP contribution >= 0.6 is 0 Å². The van der Waals surface area contributed by atoms with Crippen molar-refractivity contribution in [1.82, 2.24) is 19.6 Å². The second kappa shape index (κ2) is 12.0. The molecule has 0 fully saturated rings. The van der Waals surface area contributed by atoms with Crippen LogP contribution in [0.5, 0.6) is 0 Å². The molecule has 2 heterocycles. The smallest absolute Gasteiger partial charge is 0.188 e. The summed E-state index contributed by atoms with van der Waals surface area (Å²) in [5.41, 5.74) is 6.03. The molecule has 0 saturated heterocycles. The summed E-state index contributed by atoms with van der Waals surface area (Å²) in [7, 11) is 0. The molecule has 5 aromatic carbocycles. The number of para-hydroxylation sites is 1. The van der Waals surface area contributed by atoms with E-state index in [1.807, 2.05) is 102 Å².